The maximum atomic E-state index is 11.5. The van der Waals surface area contributed by atoms with E-state index < -0.39 is 0 Å². The number of alkyl carbamates (subject to hydrolysis) is 1. The molecule has 1 fully saturated rings. The molecule has 5 heteroatoms. The zero-order valence-electron chi connectivity index (χ0n) is 11.0. The average Bonchev–Trinajstić information content (AvgIpc) is 2.47. The lowest BCUT2D eigenvalue weighted by Gasteiger charge is -2.25. The van der Waals surface area contributed by atoms with Crippen molar-refractivity contribution < 1.29 is 9.53 Å². The van der Waals surface area contributed by atoms with Crippen LogP contribution in [0.25, 0.3) is 0 Å². The van der Waals surface area contributed by atoms with E-state index in [1.807, 2.05) is 42.1 Å². The Bertz CT molecular complexity index is 380. The Balaban J connectivity index is 1.57. The highest BCUT2D eigenvalue weighted by molar-refractivity contribution is 7.99. The van der Waals surface area contributed by atoms with Crippen LogP contribution in [-0.4, -0.2) is 48.7 Å². The summed E-state index contributed by atoms with van der Waals surface area (Å²) < 4.78 is 5.14. The molecular weight excluding hydrogens is 260 g/mol. The molecule has 1 aromatic rings. The third kappa shape index (κ3) is 5.53. The van der Waals surface area contributed by atoms with E-state index in [0.717, 1.165) is 25.2 Å². The Labute approximate surface area is 118 Å². The SMILES string of the molecule is O=C(NCCN1CCSCC1)OCc1ccccc1. The summed E-state index contributed by atoms with van der Waals surface area (Å²) in [5, 5.41) is 2.79. The van der Waals surface area contributed by atoms with E-state index >= 15 is 0 Å². The summed E-state index contributed by atoms with van der Waals surface area (Å²) in [4.78, 5) is 13.9. The van der Waals surface area contributed by atoms with Crippen LogP contribution >= 0.6 is 11.8 Å². The first-order valence-corrected chi connectivity index (χ1v) is 7.75. The molecule has 0 radical (unpaired) electrons. The second-order valence-corrected chi connectivity index (χ2v) is 5.67. The number of carbonyl (C=O) groups is 1. The summed E-state index contributed by atoms with van der Waals surface area (Å²) in [6.45, 7) is 4.11. The van der Waals surface area contributed by atoms with Gasteiger partial charge in [0.25, 0.3) is 0 Å². The lowest BCUT2D eigenvalue weighted by molar-refractivity contribution is 0.138. The molecule has 19 heavy (non-hydrogen) atoms. The highest BCUT2D eigenvalue weighted by Gasteiger charge is 2.10. The number of benzene rings is 1. The lowest BCUT2D eigenvalue weighted by atomic mass is 10.2. The van der Waals surface area contributed by atoms with E-state index in [1.165, 1.54) is 11.5 Å². The van der Waals surface area contributed by atoms with Crippen LogP contribution in [0.15, 0.2) is 30.3 Å². The maximum Gasteiger partial charge on any atom is 0.407 e. The van der Waals surface area contributed by atoms with Crippen LogP contribution in [0.3, 0.4) is 0 Å². The Morgan fingerprint density at radius 2 is 2.00 bits per heavy atom. The number of ether oxygens (including phenoxy) is 1. The third-order valence-electron chi connectivity index (χ3n) is 3.01. The van der Waals surface area contributed by atoms with Gasteiger partial charge >= 0.3 is 6.09 Å². The standard InChI is InChI=1S/C14H20N2O2S/c17-14(18-12-13-4-2-1-3-5-13)15-6-7-16-8-10-19-11-9-16/h1-5H,6-12H2,(H,15,17). The van der Waals surface area contributed by atoms with Crippen LogP contribution < -0.4 is 5.32 Å². The molecule has 0 aliphatic carbocycles. The molecule has 0 unspecified atom stereocenters. The van der Waals surface area contributed by atoms with Gasteiger partial charge in [-0.2, -0.15) is 11.8 Å². The first-order chi connectivity index (χ1) is 9.34. The van der Waals surface area contributed by atoms with Crippen molar-refractivity contribution in [1.29, 1.82) is 0 Å². The number of amides is 1. The highest BCUT2D eigenvalue weighted by Crippen LogP contribution is 2.07. The first-order valence-electron chi connectivity index (χ1n) is 6.59. The lowest BCUT2D eigenvalue weighted by Crippen LogP contribution is -2.39. The van der Waals surface area contributed by atoms with Gasteiger partial charge in [-0.1, -0.05) is 30.3 Å². The minimum Gasteiger partial charge on any atom is -0.445 e. The second-order valence-electron chi connectivity index (χ2n) is 4.44. The summed E-state index contributed by atoms with van der Waals surface area (Å²) in [7, 11) is 0. The smallest absolute Gasteiger partial charge is 0.407 e. The number of hydrogen-bond donors (Lipinski definition) is 1. The molecule has 1 N–H and O–H groups in total. The van der Waals surface area contributed by atoms with E-state index in [9.17, 15) is 4.79 Å². The van der Waals surface area contributed by atoms with E-state index in [4.69, 9.17) is 4.74 Å². The van der Waals surface area contributed by atoms with Gasteiger partial charge in [-0.15, -0.1) is 0 Å². The van der Waals surface area contributed by atoms with E-state index in [-0.39, 0.29) is 6.09 Å². The molecule has 0 spiro atoms. The van der Waals surface area contributed by atoms with Crippen LogP contribution in [0, 0.1) is 0 Å². The zero-order valence-corrected chi connectivity index (χ0v) is 11.8. The van der Waals surface area contributed by atoms with Crippen molar-refractivity contribution in [3.63, 3.8) is 0 Å². The van der Waals surface area contributed by atoms with Crippen molar-refractivity contribution >= 4 is 17.9 Å². The summed E-state index contributed by atoms with van der Waals surface area (Å²) in [5.41, 5.74) is 1.01. The number of thioether (sulfide) groups is 1. The van der Waals surface area contributed by atoms with Crippen LogP contribution in [0.4, 0.5) is 4.79 Å². The zero-order chi connectivity index (χ0) is 13.3. The molecule has 0 atom stereocenters. The summed E-state index contributed by atoms with van der Waals surface area (Å²) in [5.74, 6) is 2.39. The normalized spacial score (nSPS) is 16.0. The molecular formula is C14H20N2O2S. The van der Waals surface area contributed by atoms with Gasteiger partial charge in [-0.05, 0) is 5.56 Å². The molecule has 1 aliphatic heterocycles. The summed E-state index contributed by atoms with van der Waals surface area (Å²) >= 11 is 1.99. The third-order valence-corrected chi connectivity index (χ3v) is 3.96. The van der Waals surface area contributed by atoms with Crippen molar-refractivity contribution in [1.82, 2.24) is 10.2 Å². The van der Waals surface area contributed by atoms with Gasteiger partial charge < -0.3 is 10.1 Å². The molecule has 1 aromatic carbocycles. The quantitative estimate of drug-likeness (QED) is 0.895. The van der Waals surface area contributed by atoms with E-state index in [2.05, 4.69) is 10.2 Å². The fraction of sp³-hybridized carbons (Fsp3) is 0.500. The number of nitrogens with zero attached hydrogens (tertiary/aromatic N) is 1. The van der Waals surface area contributed by atoms with Gasteiger partial charge in [0.1, 0.15) is 6.61 Å². The number of hydrogen-bond acceptors (Lipinski definition) is 4. The molecule has 1 heterocycles. The van der Waals surface area contributed by atoms with Gasteiger partial charge in [0.05, 0.1) is 0 Å². The van der Waals surface area contributed by atoms with Crippen molar-refractivity contribution in [3.05, 3.63) is 35.9 Å². The predicted octanol–water partition coefficient (Wildman–Crippen LogP) is 1.96. The summed E-state index contributed by atoms with van der Waals surface area (Å²) in [6, 6.07) is 9.70. The number of carbonyl (C=O) groups excluding carboxylic acids is 1. The Morgan fingerprint density at radius 1 is 1.26 bits per heavy atom. The molecule has 1 saturated heterocycles. The summed E-state index contributed by atoms with van der Waals surface area (Å²) in [6.07, 6.45) is -0.338. The van der Waals surface area contributed by atoms with E-state index in [0.29, 0.717) is 13.2 Å². The maximum absolute atomic E-state index is 11.5. The van der Waals surface area contributed by atoms with Crippen molar-refractivity contribution in [2.75, 3.05) is 37.7 Å². The van der Waals surface area contributed by atoms with Crippen molar-refractivity contribution in [2.24, 2.45) is 0 Å². The Hall–Kier alpha value is -1.20. The van der Waals surface area contributed by atoms with Gasteiger partial charge in [0.2, 0.25) is 0 Å². The molecule has 1 amide bonds. The number of rotatable bonds is 5. The second kappa shape index (κ2) is 8.07. The van der Waals surface area contributed by atoms with Gasteiger partial charge in [-0.3, -0.25) is 4.90 Å². The molecule has 2 rings (SSSR count). The fourth-order valence-electron chi connectivity index (χ4n) is 1.91. The van der Waals surface area contributed by atoms with Crippen LogP contribution in [0.1, 0.15) is 5.56 Å². The van der Waals surface area contributed by atoms with Crippen LogP contribution in [-0.2, 0) is 11.3 Å². The number of nitrogens with one attached hydrogen (secondary N) is 1. The molecule has 104 valence electrons. The van der Waals surface area contributed by atoms with E-state index in [1.54, 1.807) is 0 Å². The minimum atomic E-state index is -0.338. The highest BCUT2D eigenvalue weighted by atomic mass is 32.2. The molecule has 0 saturated carbocycles. The Kier molecular flexibility index (Phi) is 6.04. The van der Waals surface area contributed by atoms with Gasteiger partial charge in [-0.25, -0.2) is 4.79 Å². The van der Waals surface area contributed by atoms with Crippen molar-refractivity contribution in [3.8, 4) is 0 Å². The molecule has 1 aliphatic rings. The largest absolute Gasteiger partial charge is 0.445 e. The fourth-order valence-corrected chi connectivity index (χ4v) is 2.89. The molecule has 0 bridgehead atoms. The predicted molar refractivity (Wildman–Crippen MR) is 78.4 cm³/mol. The molecule has 0 aromatic heterocycles. The first kappa shape index (κ1) is 14.2. The minimum absolute atomic E-state index is 0.326. The van der Waals surface area contributed by atoms with Crippen LogP contribution in [0.5, 0.6) is 0 Å². The Morgan fingerprint density at radius 3 is 2.74 bits per heavy atom. The molecule has 4 nitrogen and oxygen atoms in total. The topological polar surface area (TPSA) is 41.6 Å². The van der Waals surface area contributed by atoms with Crippen LogP contribution in [0.2, 0.25) is 0 Å². The monoisotopic (exact) mass is 280 g/mol. The average molecular weight is 280 g/mol. The van der Waals surface area contributed by atoms with Gasteiger partial charge in [0.15, 0.2) is 0 Å². The van der Waals surface area contributed by atoms with Crippen molar-refractivity contribution in [2.45, 2.75) is 6.61 Å². The van der Waals surface area contributed by atoms with Gasteiger partial charge in [0, 0.05) is 37.7 Å².